The van der Waals surface area contributed by atoms with Crippen LogP contribution in [-0.2, 0) is 9.59 Å². The Bertz CT molecular complexity index is 309. The van der Waals surface area contributed by atoms with Crippen molar-refractivity contribution in [3.63, 3.8) is 0 Å². The van der Waals surface area contributed by atoms with Gasteiger partial charge in [-0.1, -0.05) is 13.8 Å². The largest absolute Gasteiger partial charge is 0.342 e. The lowest BCUT2D eigenvalue weighted by atomic mass is 9.90. The maximum Gasteiger partial charge on any atom is 0.246 e. The molecule has 0 aromatic rings. The molecule has 0 bridgehead atoms. The van der Waals surface area contributed by atoms with Crippen LogP contribution < -0.4 is 5.32 Å². The van der Waals surface area contributed by atoms with E-state index in [9.17, 15) is 9.59 Å². The van der Waals surface area contributed by atoms with Gasteiger partial charge in [0.25, 0.3) is 0 Å². The molecule has 1 aliphatic heterocycles. The van der Waals surface area contributed by atoms with E-state index in [2.05, 4.69) is 5.32 Å². The molecule has 1 fully saturated rings. The topological polar surface area (TPSA) is 49.4 Å². The lowest BCUT2D eigenvalue weighted by molar-refractivity contribution is -0.156. The molecule has 2 unspecified atom stereocenters. The normalized spacial score (nSPS) is 29.4. The summed E-state index contributed by atoms with van der Waals surface area (Å²) in [4.78, 5) is 26.2. The van der Waals surface area contributed by atoms with Crippen molar-refractivity contribution in [1.29, 1.82) is 0 Å². The van der Waals surface area contributed by atoms with E-state index in [0.29, 0.717) is 19.4 Å². The third kappa shape index (κ3) is 2.59. The third-order valence-corrected chi connectivity index (χ3v) is 4.16. The Morgan fingerprint density at radius 3 is 2.53 bits per heavy atom. The summed E-state index contributed by atoms with van der Waals surface area (Å²) < 4.78 is 0. The van der Waals surface area contributed by atoms with E-state index in [1.54, 1.807) is 16.7 Å². The van der Waals surface area contributed by atoms with Crippen molar-refractivity contribution in [2.75, 3.05) is 18.6 Å². The Kier molecular flexibility index (Phi) is 4.86. The van der Waals surface area contributed by atoms with Gasteiger partial charge in [-0.2, -0.15) is 11.8 Å². The van der Waals surface area contributed by atoms with Crippen LogP contribution >= 0.6 is 11.8 Å². The van der Waals surface area contributed by atoms with Gasteiger partial charge in [0.1, 0.15) is 11.6 Å². The highest BCUT2D eigenvalue weighted by molar-refractivity contribution is 7.98. The number of carbonyl (C=O) groups excluding carboxylic acids is 2. The van der Waals surface area contributed by atoms with Gasteiger partial charge in [0.15, 0.2) is 0 Å². The molecule has 4 nitrogen and oxygen atoms in total. The van der Waals surface area contributed by atoms with Gasteiger partial charge in [-0.05, 0) is 26.0 Å². The second-order valence-electron chi connectivity index (χ2n) is 4.54. The maximum atomic E-state index is 12.3. The third-order valence-electron chi connectivity index (χ3n) is 3.57. The summed E-state index contributed by atoms with van der Waals surface area (Å²) in [6, 6.07) is -0.344. The minimum atomic E-state index is -0.682. The standard InChI is InChI=1S/C12H22N2O2S/c1-5-9-10(15)14(7-8-17-4)12(3,6-2)11(16)13-9/h9H,5-8H2,1-4H3,(H,13,16). The monoisotopic (exact) mass is 258 g/mol. The number of amides is 2. The van der Waals surface area contributed by atoms with Crippen LogP contribution in [0.4, 0.5) is 0 Å². The molecule has 2 atom stereocenters. The van der Waals surface area contributed by atoms with E-state index in [1.165, 1.54) is 0 Å². The summed E-state index contributed by atoms with van der Waals surface area (Å²) in [5, 5.41) is 2.83. The van der Waals surface area contributed by atoms with E-state index < -0.39 is 5.54 Å². The Balaban J connectivity index is 2.96. The summed E-state index contributed by atoms with van der Waals surface area (Å²) in [5.41, 5.74) is -0.682. The van der Waals surface area contributed by atoms with E-state index in [0.717, 1.165) is 5.75 Å². The quantitative estimate of drug-likeness (QED) is 0.807. The fourth-order valence-electron chi connectivity index (χ4n) is 2.10. The number of carbonyl (C=O) groups is 2. The SMILES string of the molecule is CCC1NC(=O)C(C)(CC)N(CCSC)C1=O. The summed E-state index contributed by atoms with van der Waals surface area (Å²) in [5.74, 6) is 0.906. The van der Waals surface area contributed by atoms with Crippen molar-refractivity contribution in [2.24, 2.45) is 0 Å². The molecular formula is C12H22N2O2S. The molecule has 0 aromatic heterocycles. The van der Waals surface area contributed by atoms with Gasteiger partial charge >= 0.3 is 0 Å². The van der Waals surface area contributed by atoms with Crippen LogP contribution in [0.3, 0.4) is 0 Å². The van der Waals surface area contributed by atoms with Crippen LogP contribution in [-0.4, -0.2) is 46.8 Å². The maximum absolute atomic E-state index is 12.3. The van der Waals surface area contributed by atoms with Gasteiger partial charge in [0.05, 0.1) is 0 Å². The molecule has 1 saturated heterocycles. The van der Waals surface area contributed by atoms with Crippen LogP contribution in [0, 0.1) is 0 Å². The molecule has 1 rings (SSSR count). The van der Waals surface area contributed by atoms with Crippen LogP contribution in [0.1, 0.15) is 33.6 Å². The minimum absolute atomic E-state index is 0.0208. The van der Waals surface area contributed by atoms with Crippen LogP contribution in [0.2, 0.25) is 0 Å². The number of nitrogens with one attached hydrogen (secondary N) is 1. The average molecular weight is 258 g/mol. The molecule has 0 spiro atoms. The highest BCUT2D eigenvalue weighted by Gasteiger charge is 2.47. The van der Waals surface area contributed by atoms with Crippen molar-refractivity contribution < 1.29 is 9.59 Å². The molecule has 5 heteroatoms. The molecular weight excluding hydrogens is 236 g/mol. The van der Waals surface area contributed by atoms with Gasteiger partial charge in [-0.25, -0.2) is 0 Å². The molecule has 1 heterocycles. The summed E-state index contributed by atoms with van der Waals surface area (Å²) in [7, 11) is 0. The van der Waals surface area contributed by atoms with Crippen molar-refractivity contribution >= 4 is 23.6 Å². The van der Waals surface area contributed by atoms with Crippen molar-refractivity contribution in [2.45, 2.75) is 45.2 Å². The van der Waals surface area contributed by atoms with Gasteiger partial charge in [0, 0.05) is 12.3 Å². The lowest BCUT2D eigenvalue weighted by Gasteiger charge is -2.45. The van der Waals surface area contributed by atoms with Crippen LogP contribution in [0.15, 0.2) is 0 Å². The number of thioether (sulfide) groups is 1. The van der Waals surface area contributed by atoms with Crippen molar-refractivity contribution in [1.82, 2.24) is 10.2 Å². The number of rotatable bonds is 5. The molecule has 98 valence electrons. The zero-order chi connectivity index (χ0) is 13.1. The molecule has 1 aliphatic rings. The highest BCUT2D eigenvalue weighted by atomic mass is 32.2. The second kappa shape index (κ2) is 5.76. The molecule has 0 aliphatic carbocycles. The van der Waals surface area contributed by atoms with Crippen LogP contribution in [0.25, 0.3) is 0 Å². The molecule has 1 N–H and O–H groups in total. The molecule has 0 radical (unpaired) electrons. The zero-order valence-corrected chi connectivity index (χ0v) is 11.9. The van der Waals surface area contributed by atoms with Crippen LogP contribution in [0.5, 0.6) is 0 Å². The van der Waals surface area contributed by atoms with E-state index >= 15 is 0 Å². The summed E-state index contributed by atoms with van der Waals surface area (Å²) in [6.45, 7) is 6.37. The summed E-state index contributed by atoms with van der Waals surface area (Å²) in [6.07, 6.45) is 3.31. The fourth-order valence-corrected chi connectivity index (χ4v) is 2.46. The molecule has 2 amide bonds. The predicted molar refractivity (Wildman–Crippen MR) is 71.0 cm³/mol. The number of hydrogen-bond donors (Lipinski definition) is 1. The first-order valence-electron chi connectivity index (χ1n) is 6.12. The molecule has 17 heavy (non-hydrogen) atoms. The Labute approximate surface area is 108 Å². The fraction of sp³-hybridized carbons (Fsp3) is 0.833. The van der Waals surface area contributed by atoms with Crippen molar-refractivity contribution in [3.05, 3.63) is 0 Å². The van der Waals surface area contributed by atoms with E-state index in [4.69, 9.17) is 0 Å². The van der Waals surface area contributed by atoms with Crippen molar-refractivity contribution in [3.8, 4) is 0 Å². The summed E-state index contributed by atoms with van der Waals surface area (Å²) >= 11 is 1.69. The first-order chi connectivity index (χ1) is 8.01. The zero-order valence-electron chi connectivity index (χ0n) is 11.1. The predicted octanol–water partition coefficient (Wildman–Crippen LogP) is 1.26. The van der Waals surface area contributed by atoms with E-state index in [1.807, 2.05) is 27.0 Å². The lowest BCUT2D eigenvalue weighted by Crippen LogP contribution is -2.69. The second-order valence-corrected chi connectivity index (χ2v) is 5.53. The van der Waals surface area contributed by atoms with Gasteiger partial charge in [-0.15, -0.1) is 0 Å². The number of nitrogens with zero attached hydrogens (tertiary/aromatic N) is 1. The Morgan fingerprint density at radius 1 is 1.41 bits per heavy atom. The highest BCUT2D eigenvalue weighted by Crippen LogP contribution is 2.25. The Hall–Kier alpha value is -0.710. The van der Waals surface area contributed by atoms with E-state index in [-0.39, 0.29) is 17.9 Å². The number of hydrogen-bond acceptors (Lipinski definition) is 3. The molecule has 0 aromatic carbocycles. The molecule has 0 saturated carbocycles. The van der Waals surface area contributed by atoms with Gasteiger partial charge < -0.3 is 10.2 Å². The first kappa shape index (κ1) is 14.4. The minimum Gasteiger partial charge on any atom is -0.342 e. The van der Waals surface area contributed by atoms with Gasteiger partial charge in [-0.3, -0.25) is 9.59 Å². The average Bonchev–Trinajstić information content (AvgIpc) is 2.33. The first-order valence-corrected chi connectivity index (χ1v) is 7.52. The smallest absolute Gasteiger partial charge is 0.246 e. The number of piperazine rings is 1. The van der Waals surface area contributed by atoms with Gasteiger partial charge in [0.2, 0.25) is 11.8 Å². The Morgan fingerprint density at radius 2 is 2.06 bits per heavy atom.